The Hall–Kier alpha value is -0.170. The van der Waals surface area contributed by atoms with E-state index >= 15 is 0 Å². The molecule has 19 heavy (non-hydrogen) atoms. The summed E-state index contributed by atoms with van der Waals surface area (Å²) >= 11 is 0. The quantitative estimate of drug-likeness (QED) is 0.617. The third-order valence-electron chi connectivity index (χ3n) is 3.30. The summed E-state index contributed by atoms with van der Waals surface area (Å²) in [7, 11) is -1.62. The van der Waals surface area contributed by atoms with Crippen LogP contribution >= 0.6 is 0 Å². The number of rotatable bonds is 10. The van der Waals surface area contributed by atoms with Crippen molar-refractivity contribution >= 4 is 10.2 Å². The molecule has 1 aliphatic carbocycles. The fourth-order valence-electron chi connectivity index (χ4n) is 2.00. The molecule has 0 aliphatic heterocycles. The molecular weight excluding hydrogens is 262 g/mol. The molecule has 0 radical (unpaired) electrons. The zero-order valence-electron chi connectivity index (χ0n) is 12.7. The van der Waals surface area contributed by atoms with Gasteiger partial charge < -0.3 is 5.32 Å². The van der Waals surface area contributed by atoms with Crippen LogP contribution in [0.25, 0.3) is 0 Å². The highest BCUT2D eigenvalue weighted by atomic mass is 32.2. The molecule has 1 rings (SSSR count). The summed E-state index contributed by atoms with van der Waals surface area (Å²) in [6.45, 7) is 8.57. The second-order valence-electron chi connectivity index (χ2n) is 5.76. The van der Waals surface area contributed by atoms with Gasteiger partial charge in [0, 0.05) is 32.7 Å². The van der Waals surface area contributed by atoms with Gasteiger partial charge in [0.25, 0.3) is 10.2 Å². The van der Waals surface area contributed by atoms with Crippen molar-refractivity contribution in [3.05, 3.63) is 0 Å². The zero-order valence-corrected chi connectivity index (χ0v) is 13.5. The number of nitrogens with zero attached hydrogens (tertiary/aromatic N) is 2. The first kappa shape index (κ1) is 16.9. The Labute approximate surface area is 118 Å². The smallest absolute Gasteiger partial charge is 0.281 e. The lowest BCUT2D eigenvalue weighted by molar-refractivity contribution is 0.338. The van der Waals surface area contributed by atoms with E-state index in [-0.39, 0.29) is 0 Å². The van der Waals surface area contributed by atoms with E-state index in [1.54, 1.807) is 11.4 Å². The molecule has 0 aromatic rings. The molecule has 0 spiro atoms. The third-order valence-corrected chi connectivity index (χ3v) is 5.33. The van der Waals surface area contributed by atoms with Gasteiger partial charge >= 0.3 is 0 Å². The molecule has 0 atom stereocenters. The van der Waals surface area contributed by atoms with Gasteiger partial charge in [-0.25, -0.2) is 0 Å². The van der Waals surface area contributed by atoms with E-state index in [2.05, 4.69) is 5.32 Å². The van der Waals surface area contributed by atoms with Gasteiger partial charge in [-0.05, 0) is 31.7 Å². The average Bonchev–Trinajstić information content (AvgIpc) is 3.14. The van der Waals surface area contributed by atoms with E-state index < -0.39 is 10.2 Å². The zero-order chi connectivity index (χ0) is 14.5. The first-order valence-electron chi connectivity index (χ1n) is 7.32. The van der Waals surface area contributed by atoms with Crippen LogP contribution in [-0.4, -0.2) is 56.3 Å². The van der Waals surface area contributed by atoms with E-state index in [4.69, 9.17) is 0 Å². The first-order chi connectivity index (χ1) is 8.87. The molecular formula is C13H29N3O2S. The molecule has 1 N–H and O–H groups in total. The maximum atomic E-state index is 12.4. The van der Waals surface area contributed by atoms with Crippen molar-refractivity contribution < 1.29 is 8.42 Å². The lowest BCUT2D eigenvalue weighted by Gasteiger charge is -2.27. The van der Waals surface area contributed by atoms with Crippen molar-refractivity contribution in [1.29, 1.82) is 0 Å². The molecule has 0 aromatic carbocycles. The van der Waals surface area contributed by atoms with Crippen LogP contribution in [-0.2, 0) is 10.2 Å². The first-order valence-corrected chi connectivity index (χ1v) is 8.72. The summed E-state index contributed by atoms with van der Waals surface area (Å²) in [5, 5.41) is 3.40. The fourth-order valence-corrected chi connectivity index (χ4v) is 3.57. The van der Waals surface area contributed by atoms with E-state index in [9.17, 15) is 8.42 Å². The normalized spacial score (nSPS) is 16.8. The summed E-state index contributed by atoms with van der Waals surface area (Å²) in [6.07, 6.45) is 3.41. The highest BCUT2D eigenvalue weighted by Gasteiger charge is 2.26. The topological polar surface area (TPSA) is 52.7 Å². The van der Waals surface area contributed by atoms with Crippen LogP contribution in [0.15, 0.2) is 0 Å². The number of nitrogens with one attached hydrogen (secondary N) is 1. The van der Waals surface area contributed by atoms with Gasteiger partial charge in [0.05, 0.1) is 0 Å². The highest BCUT2D eigenvalue weighted by Crippen LogP contribution is 2.18. The molecule has 6 heteroatoms. The Morgan fingerprint density at radius 3 is 2.42 bits per heavy atom. The second kappa shape index (κ2) is 7.57. The molecule has 0 unspecified atom stereocenters. The van der Waals surface area contributed by atoms with Gasteiger partial charge in [0.1, 0.15) is 0 Å². The van der Waals surface area contributed by atoms with Crippen LogP contribution in [0.1, 0.15) is 40.0 Å². The molecule has 0 heterocycles. The minimum Gasteiger partial charge on any atom is -0.314 e. The van der Waals surface area contributed by atoms with Crippen molar-refractivity contribution in [1.82, 2.24) is 13.9 Å². The van der Waals surface area contributed by atoms with Crippen molar-refractivity contribution in [2.24, 2.45) is 5.92 Å². The van der Waals surface area contributed by atoms with E-state index in [1.165, 1.54) is 17.1 Å². The van der Waals surface area contributed by atoms with Gasteiger partial charge in [0.15, 0.2) is 0 Å². The molecule has 1 fully saturated rings. The maximum absolute atomic E-state index is 12.4. The fraction of sp³-hybridized carbons (Fsp3) is 1.00. The SMILES string of the molecule is CCN(CC(C)C)S(=O)(=O)N(C)CCCNC1CC1. The Morgan fingerprint density at radius 2 is 1.95 bits per heavy atom. The van der Waals surface area contributed by atoms with E-state index in [0.29, 0.717) is 31.6 Å². The Bertz CT molecular complexity index is 353. The lowest BCUT2D eigenvalue weighted by Crippen LogP contribution is -2.44. The van der Waals surface area contributed by atoms with Crippen molar-refractivity contribution in [2.45, 2.75) is 46.1 Å². The molecule has 114 valence electrons. The minimum atomic E-state index is -3.29. The summed E-state index contributed by atoms with van der Waals surface area (Å²) in [5.41, 5.74) is 0. The summed E-state index contributed by atoms with van der Waals surface area (Å²) in [6, 6.07) is 0.690. The predicted molar refractivity (Wildman–Crippen MR) is 79.3 cm³/mol. The molecule has 1 aliphatic rings. The second-order valence-corrected chi connectivity index (χ2v) is 7.79. The minimum absolute atomic E-state index is 0.347. The van der Waals surface area contributed by atoms with Gasteiger partial charge in [-0.3, -0.25) is 0 Å². The van der Waals surface area contributed by atoms with Gasteiger partial charge in [0.2, 0.25) is 0 Å². The van der Waals surface area contributed by atoms with Crippen LogP contribution in [0.4, 0.5) is 0 Å². The van der Waals surface area contributed by atoms with Gasteiger partial charge in [-0.2, -0.15) is 17.0 Å². The maximum Gasteiger partial charge on any atom is 0.281 e. The van der Waals surface area contributed by atoms with Gasteiger partial charge in [-0.15, -0.1) is 0 Å². The van der Waals surface area contributed by atoms with E-state index in [0.717, 1.165) is 13.0 Å². The Balaban J connectivity index is 2.38. The van der Waals surface area contributed by atoms with Gasteiger partial charge in [-0.1, -0.05) is 20.8 Å². The summed E-state index contributed by atoms with van der Waals surface area (Å²) in [5.74, 6) is 0.347. The number of hydrogen-bond donors (Lipinski definition) is 1. The molecule has 0 bridgehead atoms. The Morgan fingerprint density at radius 1 is 1.32 bits per heavy atom. The predicted octanol–water partition coefficient (Wildman–Crippen LogP) is 1.28. The van der Waals surface area contributed by atoms with Crippen LogP contribution in [0.3, 0.4) is 0 Å². The highest BCUT2D eigenvalue weighted by molar-refractivity contribution is 7.86. The standard InChI is InChI=1S/C13H29N3O2S/c1-5-16(11-12(2)3)19(17,18)15(4)10-6-9-14-13-7-8-13/h12-14H,5-11H2,1-4H3. The molecule has 0 saturated heterocycles. The molecule has 1 saturated carbocycles. The molecule has 0 aromatic heterocycles. The third kappa shape index (κ3) is 5.77. The largest absolute Gasteiger partial charge is 0.314 e. The van der Waals surface area contributed by atoms with Crippen LogP contribution in [0.2, 0.25) is 0 Å². The number of hydrogen-bond acceptors (Lipinski definition) is 3. The monoisotopic (exact) mass is 291 g/mol. The van der Waals surface area contributed by atoms with Crippen LogP contribution in [0, 0.1) is 5.92 Å². The summed E-state index contributed by atoms with van der Waals surface area (Å²) in [4.78, 5) is 0. The van der Waals surface area contributed by atoms with Crippen molar-refractivity contribution in [3.8, 4) is 0 Å². The average molecular weight is 291 g/mol. The van der Waals surface area contributed by atoms with Crippen LogP contribution < -0.4 is 5.32 Å². The molecule has 0 amide bonds. The van der Waals surface area contributed by atoms with Crippen LogP contribution in [0.5, 0.6) is 0 Å². The van der Waals surface area contributed by atoms with E-state index in [1.807, 2.05) is 20.8 Å². The Kier molecular flexibility index (Phi) is 6.73. The summed E-state index contributed by atoms with van der Waals surface area (Å²) < 4.78 is 27.8. The molecule has 5 nitrogen and oxygen atoms in total. The van der Waals surface area contributed by atoms with Crippen molar-refractivity contribution in [3.63, 3.8) is 0 Å². The lowest BCUT2D eigenvalue weighted by atomic mass is 10.2. The van der Waals surface area contributed by atoms with Crippen molar-refractivity contribution in [2.75, 3.05) is 33.2 Å².